The molecule has 6 heteroatoms. The maximum absolute atomic E-state index is 11.9. The van der Waals surface area contributed by atoms with Crippen molar-refractivity contribution in [2.24, 2.45) is 4.99 Å². The quantitative estimate of drug-likeness (QED) is 0.531. The molecule has 5 nitrogen and oxygen atoms in total. The van der Waals surface area contributed by atoms with Crippen LogP contribution in [0.2, 0.25) is 0 Å². The summed E-state index contributed by atoms with van der Waals surface area (Å²) in [4.78, 5) is 16.3. The number of halogens is 1. The summed E-state index contributed by atoms with van der Waals surface area (Å²) in [6.45, 7) is 8.80. The second-order valence-electron chi connectivity index (χ2n) is 7.14. The smallest absolute Gasteiger partial charge is 0.242 e. The third-order valence-corrected chi connectivity index (χ3v) is 4.18. The zero-order valence-corrected chi connectivity index (χ0v) is 16.4. The van der Waals surface area contributed by atoms with Gasteiger partial charge < -0.3 is 16.0 Å². The van der Waals surface area contributed by atoms with Crippen LogP contribution in [-0.4, -0.2) is 36.5 Å². The lowest BCUT2D eigenvalue weighted by atomic mass is 10.1. The lowest BCUT2D eigenvalue weighted by molar-refractivity contribution is -0.121. The fourth-order valence-corrected chi connectivity index (χ4v) is 2.80. The van der Waals surface area contributed by atoms with Gasteiger partial charge in [0.15, 0.2) is 5.96 Å². The van der Waals surface area contributed by atoms with Crippen LogP contribution in [0.25, 0.3) is 0 Å². The third kappa shape index (κ3) is 6.15. The van der Waals surface area contributed by atoms with Crippen LogP contribution in [-0.2, 0) is 4.79 Å². The highest BCUT2D eigenvalue weighted by molar-refractivity contribution is 9.10. The Bertz CT molecular complexity index is 592. The maximum Gasteiger partial charge on any atom is 0.242 e. The highest BCUT2D eigenvalue weighted by atomic mass is 79.9. The molecule has 0 saturated heterocycles. The van der Waals surface area contributed by atoms with Crippen LogP contribution in [0.15, 0.2) is 33.7 Å². The second kappa shape index (κ2) is 8.01. The zero-order chi connectivity index (χ0) is 17.7. The number of nitrogens with zero attached hydrogens (tertiary/aromatic N) is 1. The molecule has 0 spiro atoms. The first kappa shape index (κ1) is 18.8. The van der Waals surface area contributed by atoms with E-state index in [-0.39, 0.29) is 18.0 Å². The van der Waals surface area contributed by atoms with Gasteiger partial charge in [0, 0.05) is 28.5 Å². The number of amides is 1. The van der Waals surface area contributed by atoms with Gasteiger partial charge in [-0.3, -0.25) is 4.79 Å². The molecular formula is C18H27BrN4O. The summed E-state index contributed by atoms with van der Waals surface area (Å²) in [6, 6.07) is 8.81. The lowest BCUT2D eigenvalue weighted by Gasteiger charge is -2.20. The van der Waals surface area contributed by atoms with Gasteiger partial charge in [-0.25, -0.2) is 4.99 Å². The lowest BCUT2D eigenvalue weighted by Crippen LogP contribution is -2.43. The number of hydrogen-bond donors (Lipinski definition) is 3. The molecule has 0 radical (unpaired) electrons. The summed E-state index contributed by atoms with van der Waals surface area (Å²) in [5.74, 6) is 1.14. The number of aliphatic imine (C=N–C) groups is 1. The molecule has 2 unspecified atom stereocenters. The molecule has 0 heterocycles. The summed E-state index contributed by atoms with van der Waals surface area (Å²) in [6.07, 6.45) is 1.08. The van der Waals surface area contributed by atoms with Gasteiger partial charge >= 0.3 is 0 Å². The highest BCUT2D eigenvalue weighted by Crippen LogP contribution is 2.40. The minimum atomic E-state index is -0.235. The van der Waals surface area contributed by atoms with Crippen LogP contribution >= 0.6 is 15.9 Å². The first-order valence-electron chi connectivity index (χ1n) is 8.40. The van der Waals surface area contributed by atoms with Crippen molar-refractivity contribution in [3.8, 4) is 0 Å². The average Bonchev–Trinajstić information content (AvgIpc) is 3.23. The molecule has 132 valence electrons. The van der Waals surface area contributed by atoms with Crippen molar-refractivity contribution in [3.63, 3.8) is 0 Å². The average molecular weight is 395 g/mol. The number of nitrogens with one attached hydrogen (secondary N) is 3. The van der Waals surface area contributed by atoms with Crippen molar-refractivity contribution in [2.45, 2.75) is 51.6 Å². The predicted octanol–water partition coefficient (Wildman–Crippen LogP) is 2.77. The van der Waals surface area contributed by atoms with Crippen LogP contribution < -0.4 is 16.0 Å². The summed E-state index contributed by atoms with van der Waals surface area (Å²) < 4.78 is 1.09. The second-order valence-corrected chi connectivity index (χ2v) is 8.05. The van der Waals surface area contributed by atoms with E-state index >= 15 is 0 Å². The molecule has 1 saturated carbocycles. The van der Waals surface area contributed by atoms with E-state index in [2.05, 4.69) is 61.1 Å². The summed E-state index contributed by atoms with van der Waals surface area (Å²) in [5, 5.41) is 9.54. The van der Waals surface area contributed by atoms with Gasteiger partial charge in [-0.1, -0.05) is 28.1 Å². The molecule has 1 aromatic carbocycles. The number of rotatable bonds is 5. The first-order chi connectivity index (χ1) is 11.3. The Morgan fingerprint density at radius 1 is 1.29 bits per heavy atom. The van der Waals surface area contributed by atoms with E-state index in [1.807, 2.05) is 27.7 Å². The van der Waals surface area contributed by atoms with Gasteiger partial charge in [-0.15, -0.1) is 0 Å². The van der Waals surface area contributed by atoms with Crippen molar-refractivity contribution in [1.82, 2.24) is 16.0 Å². The molecule has 24 heavy (non-hydrogen) atoms. The molecule has 1 aromatic rings. The van der Waals surface area contributed by atoms with E-state index in [0.717, 1.165) is 17.4 Å². The summed E-state index contributed by atoms with van der Waals surface area (Å²) in [5.41, 5.74) is 1.10. The normalized spacial score (nSPS) is 20.5. The molecule has 3 N–H and O–H groups in total. The molecule has 0 aromatic heterocycles. The van der Waals surface area contributed by atoms with Crippen LogP contribution in [0.4, 0.5) is 0 Å². The number of carbonyl (C=O) groups is 1. The van der Waals surface area contributed by atoms with Crippen LogP contribution in [0, 0.1) is 0 Å². The minimum Gasteiger partial charge on any atom is -0.357 e. The van der Waals surface area contributed by atoms with E-state index in [0.29, 0.717) is 17.9 Å². The Kier molecular flexibility index (Phi) is 6.27. The number of guanidine groups is 1. The van der Waals surface area contributed by atoms with E-state index in [9.17, 15) is 4.79 Å². The van der Waals surface area contributed by atoms with E-state index in [1.54, 1.807) is 0 Å². The number of hydrogen-bond acceptors (Lipinski definition) is 2. The standard InChI is InChI=1S/C18H27BrN4O/c1-5-20-17(21-11-16(24)23-18(2,3)4)22-15-10-14(15)12-6-8-13(19)9-7-12/h6-9,14-15H,5,10-11H2,1-4H3,(H,23,24)(H2,20,21,22). The van der Waals surface area contributed by atoms with Gasteiger partial charge in [-0.2, -0.15) is 0 Å². The van der Waals surface area contributed by atoms with Crippen LogP contribution in [0.3, 0.4) is 0 Å². The van der Waals surface area contributed by atoms with Gasteiger partial charge in [0.1, 0.15) is 6.54 Å². The van der Waals surface area contributed by atoms with Crippen molar-refractivity contribution < 1.29 is 4.79 Å². The first-order valence-corrected chi connectivity index (χ1v) is 9.19. The van der Waals surface area contributed by atoms with Crippen molar-refractivity contribution in [3.05, 3.63) is 34.3 Å². The maximum atomic E-state index is 11.9. The van der Waals surface area contributed by atoms with Gasteiger partial charge in [0.2, 0.25) is 5.91 Å². The SMILES string of the molecule is CCNC(=NCC(=O)NC(C)(C)C)NC1CC1c1ccc(Br)cc1. The van der Waals surface area contributed by atoms with Gasteiger partial charge in [0.25, 0.3) is 0 Å². The zero-order valence-electron chi connectivity index (χ0n) is 14.8. The minimum absolute atomic E-state index is 0.0695. The molecule has 2 atom stereocenters. The Morgan fingerprint density at radius 3 is 2.54 bits per heavy atom. The number of carbonyl (C=O) groups excluding carboxylic acids is 1. The predicted molar refractivity (Wildman–Crippen MR) is 102 cm³/mol. The summed E-state index contributed by atoms with van der Waals surface area (Å²) in [7, 11) is 0. The Hall–Kier alpha value is -1.56. The Balaban J connectivity index is 1.89. The fraction of sp³-hybridized carbons (Fsp3) is 0.556. The monoisotopic (exact) mass is 394 g/mol. The molecule has 1 amide bonds. The fourth-order valence-electron chi connectivity index (χ4n) is 2.54. The number of benzene rings is 1. The van der Waals surface area contributed by atoms with E-state index < -0.39 is 0 Å². The van der Waals surface area contributed by atoms with Crippen molar-refractivity contribution in [1.29, 1.82) is 0 Å². The van der Waals surface area contributed by atoms with E-state index in [4.69, 9.17) is 0 Å². The van der Waals surface area contributed by atoms with Gasteiger partial charge in [0.05, 0.1) is 0 Å². The molecule has 0 aliphatic heterocycles. The highest BCUT2D eigenvalue weighted by Gasteiger charge is 2.38. The Labute approximate surface area is 152 Å². The van der Waals surface area contributed by atoms with Crippen molar-refractivity contribution in [2.75, 3.05) is 13.1 Å². The molecule has 1 fully saturated rings. The Morgan fingerprint density at radius 2 is 1.96 bits per heavy atom. The molecule has 1 aliphatic rings. The molecule has 1 aliphatic carbocycles. The van der Waals surface area contributed by atoms with E-state index in [1.165, 1.54) is 5.56 Å². The van der Waals surface area contributed by atoms with Crippen LogP contribution in [0.5, 0.6) is 0 Å². The third-order valence-electron chi connectivity index (χ3n) is 3.65. The summed E-state index contributed by atoms with van der Waals surface area (Å²) >= 11 is 3.46. The topological polar surface area (TPSA) is 65.5 Å². The molecule has 2 rings (SSSR count). The molecular weight excluding hydrogens is 368 g/mol. The van der Waals surface area contributed by atoms with Gasteiger partial charge in [-0.05, 0) is 51.8 Å². The van der Waals surface area contributed by atoms with Crippen molar-refractivity contribution >= 4 is 27.8 Å². The largest absolute Gasteiger partial charge is 0.357 e. The van der Waals surface area contributed by atoms with Crippen LogP contribution in [0.1, 0.15) is 45.6 Å². The molecule has 0 bridgehead atoms.